The van der Waals surface area contributed by atoms with Crippen LogP contribution in [0.25, 0.3) is 0 Å². The molecule has 0 saturated heterocycles. The molecule has 6 heteroatoms. The highest BCUT2D eigenvalue weighted by Gasteiger charge is 2.16. The van der Waals surface area contributed by atoms with Crippen molar-refractivity contribution in [3.63, 3.8) is 0 Å². The molecule has 1 aliphatic rings. The van der Waals surface area contributed by atoms with Gasteiger partial charge in [-0.15, -0.1) is 35.7 Å². The summed E-state index contributed by atoms with van der Waals surface area (Å²) in [7, 11) is 1.71. The van der Waals surface area contributed by atoms with Crippen LogP contribution in [0.15, 0.2) is 34.2 Å². The first-order valence-corrected chi connectivity index (χ1v) is 8.97. The molecule has 0 radical (unpaired) electrons. The zero-order chi connectivity index (χ0) is 15.8. The fraction of sp³-hybridized carbons (Fsp3) is 0.588. The van der Waals surface area contributed by atoms with E-state index < -0.39 is 0 Å². The lowest BCUT2D eigenvalue weighted by molar-refractivity contribution is 0.315. The van der Waals surface area contributed by atoms with E-state index in [2.05, 4.69) is 23.3 Å². The Balaban J connectivity index is 0.00000264. The Kier molecular flexibility index (Phi) is 9.78. The van der Waals surface area contributed by atoms with Crippen molar-refractivity contribution in [1.82, 2.24) is 5.32 Å². The largest absolute Gasteiger partial charge is 0.496 e. The molecule has 1 saturated carbocycles. The van der Waals surface area contributed by atoms with E-state index in [0.717, 1.165) is 30.5 Å². The summed E-state index contributed by atoms with van der Waals surface area (Å²) in [4.78, 5) is 5.63. The first kappa shape index (κ1) is 20.4. The number of nitrogens with zero attached hydrogens (tertiary/aromatic N) is 1. The summed E-state index contributed by atoms with van der Waals surface area (Å²) in [6, 6.07) is 8.11. The minimum absolute atomic E-state index is 0. The summed E-state index contributed by atoms with van der Waals surface area (Å²) in [5.41, 5.74) is 5.91. The van der Waals surface area contributed by atoms with Crippen LogP contribution >= 0.6 is 35.7 Å². The van der Waals surface area contributed by atoms with Crippen molar-refractivity contribution in [2.24, 2.45) is 22.6 Å². The summed E-state index contributed by atoms with van der Waals surface area (Å²) in [6.45, 7) is 3.93. The zero-order valence-corrected chi connectivity index (χ0v) is 17.1. The Morgan fingerprint density at radius 2 is 2.17 bits per heavy atom. The van der Waals surface area contributed by atoms with Crippen LogP contribution in [-0.4, -0.2) is 31.9 Å². The number of benzene rings is 1. The molecule has 1 aromatic rings. The van der Waals surface area contributed by atoms with Crippen molar-refractivity contribution in [3.05, 3.63) is 24.3 Å². The van der Waals surface area contributed by atoms with Gasteiger partial charge in [0.1, 0.15) is 5.75 Å². The van der Waals surface area contributed by atoms with Crippen molar-refractivity contribution < 1.29 is 4.74 Å². The Morgan fingerprint density at radius 3 is 2.83 bits per heavy atom. The summed E-state index contributed by atoms with van der Waals surface area (Å²) in [5.74, 6) is 3.79. The normalized spacial score (nSPS) is 16.2. The van der Waals surface area contributed by atoms with Crippen molar-refractivity contribution in [1.29, 1.82) is 0 Å². The molecule has 0 spiro atoms. The predicted molar refractivity (Wildman–Crippen MR) is 110 cm³/mol. The fourth-order valence-corrected chi connectivity index (χ4v) is 3.32. The molecule has 4 nitrogen and oxygen atoms in total. The molecule has 23 heavy (non-hydrogen) atoms. The van der Waals surface area contributed by atoms with Crippen molar-refractivity contribution in [3.8, 4) is 5.75 Å². The van der Waals surface area contributed by atoms with Crippen molar-refractivity contribution in [2.45, 2.75) is 31.1 Å². The third-order valence-corrected chi connectivity index (χ3v) is 5.35. The van der Waals surface area contributed by atoms with E-state index in [1.807, 2.05) is 18.2 Å². The van der Waals surface area contributed by atoms with E-state index in [4.69, 9.17) is 10.5 Å². The number of hydrogen-bond acceptors (Lipinski definition) is 3. The van der Waals surface area contributed by atoms with Gasteiger partial charge in [0.05, 0.1) is 7.11 Å². The first-order valence-electron chi connectivity index (χ1n) is 7.98. The number of methoxy groups -OCH3 is 1. The van der Waals surface area contributed by atoms with E-state index >= 15 is 0 Å². The number of thioether (sulfide) groups is 1. The number of nitrogens with two attached hydrogens (primary N) is 1. The fourth-order valence-electron chi connectivity index (χ4n) is 2.28. The number of nitrogens with one attached hydrogen (secondary N) is 1. The molecule has 1 unspecified atom stereocenters. The van der Waals surface area contributed by atoms with Crippen LogP contribution in [-0.2, 0) is 0 Å². The Labute approximate surface area is 161 Å². The lowest BCUT2D eigenvalue weighted by Gasteiger charge is -2.25. The zero-order valence-electron chi connectivity index (χ0n) is 14.0. The highest BCUT2D eigenvalue weighted by atomic mass is 127. The van der Waals surface area contributed by atoms with E-state index in [1.165, 1.54) is 24.2 Å². The highest BCUT2D eigenvalue weighted by Crippen LogP contribution is 2.30. The van der Waals surface area contributed by atoms with Crippen molar-refractivity contribution in [2.75, 3.05) is 26.0 Å². The number of hydrogen-bond donors (Lipinski definition) is 2. The summed E-state index contributed by atoms with van der Waals surface area (Å²) in [5, 5.41) is 3.23. The summed E-state index contributed by atoms with van der Waals surface area (Å²) in [6.07, 6.45) is 4.01. The van der Waals surface area contributed by atoms with Gasteiger partial charge in [-0.25, -0.2) is 0 Å². The smallest absolute Gasteiger partial charge is 0.188 e. The van der Waals surface area contributed by atoms with Gasteiger partial charge in [0.2, 0.25) is 0 Å². The van der Waals surface area contributed by atoms with Gasteiger partial charge in [-0.05, 0) is 36.8 Å². The van der Waals surface area contributed by atoms with Crippen LogP contribution < -0.4 is 15.8 Å². The molecule has 0 aromatic heterocycles. The maximum absolute atomic E-state index is 5.91. The molecule has 1 fully saturated rings. The predicted octanol–water partition coefficient (Wildman–Crippen LogP) is 3.75. The second-order valence-corrected chi connectivity index (χ2v) is 7.03. The van der Waals surface area contributed by atoms with Gasteiger partial charge < -0.3 is 15.8 Å². The van der Waals surface area contributed by atoms with E-state index in [0.29, 0.717) is 11.9 Å². The number of aliphatic imine (C=N–C) groups is 1. The van der Waals surface area contributed by atoms with Crippen LogP contribution in [0.1, 0.15) is 26.2 Å². The number of rotatable bonds is 8. The monoisotopic (exact) mass is 449 g/mol. The average molecular weight is 449 g/mol. The third-order valence-electron chi connectivity index (χ3n) is 3.96. The van der Waals surface area contributed by atoms with E-state index in [1.54, 1.807) is 18.9 Å². The van der Waals surface area contributed by atoms with Gasteiger partial charge in [-0.2, -0.15) is 0 Å². The SMILES string of the molecule is COc1ccccc1SCC(C)CN=C(N)NCC1CCC1.I. The van der Waals surface area contributed by atoms with Gasteiger partial charge in [-0.3, -0.25) is 4.99 Å². The molecular formula is C17H28IN3OS. The second kappa shape index (κ2) is 11.0. The highest BCUT2D eigenvalue weighted by molar-refractivity contribution is 14.0. The Hall–Kier alpha value is -0.630. The topological polar surface area (TPSA) is 59.6 Å². The molecule has 3 N–H and O–H groups in total. The Morgan fingerprint density at radius 1 is 1.43 bits per heavy atom. The number of halogens is 1. The quantitative estimate of drug-likeness (QED) is 0.275. The summed E-state index contributed by atoms with van der Waals surface area (Å²) < 4.78 is 5.37. The molecule has 0 amide bonds. The van der Waals surface area contributed by atoms with Crippen LogP contribution in [0.2, 0.25) is 0 Å². The molecule has 130 valence electrons. The maximum Gasteiger partial charge on any atom is 0.188 e. The van der Waals surface area contributed by atoms with Gasteiger partial charge >= 0.3 is 0 Å². The minimum Gasteiger partial charge on any atom is -0.496 e. The number of para-hydroxylation sites is 1. The molecule has 1 aromatic carbocycles. The second-order valence-electron chi connectivity index (χ2n) is 5.97. The van der Waals surface area contributed by atoms with Crippen LogP contribution in [0.4, 0.5) is 0 Å². The minimum atomic E-state index is 0. The van der Waals surface area contributed by atoms with Crippen LogP contribution in [0.5, 0.6) is 5.75 Å². The number of guanidine groups is 1. The van der Waals surface area contributed by atoms with E-state index in [-0.39, 0.29) is 24.0 Å². The molecule has 2 rings (SSSR count). The van der Waals surface area contributed by atoms with Gasteiger partial charge in [0.25, 0.3) is 0 Å². The number of ether oxygens (including phenoxy) is 1. The molecule has 1 atom stereocenters. The average Bonchev–Trinajstić information content (AvgIpc) is 2.49. The molecule has 0 aliphatic heterocycles. The molecule has 1 aliphatic carbocycles. The molecule has 0 bridgehead atoms. The third kappa shape index (κ3) is 7.20. The van der Waals surface area contributed by atoms with E-state index in [9.17, 15) is 0 Å². The summed E-state index contributed by atoms with van der Waals surface area (Å²) >= 11 is 1.81. The van der Waals surface area contributed by atoms with Gasteiger partial charge in [0, 0.05) is 23.7 Å². The van der Waals surface area contributed by atoms with Gasteiger partial charge in [0.15, 0.2) is 5.96 Å². The van der Waals surface area contributed by atoms with Crippen LogP contribution in [0.3, 0.4) is 0 Å². The molecular weight excluding hydrogens is 421 g/mol. The lowest BCUT2D eigenvalue weighted by atomic mass is 9.85. The maximum atomic E-state index is 5.91. The van der Waals surface area contributed by atoms with Crippen LogP contribution in [0, 0.1) is 11.8 Å². The van der Waals surface area contributed by atoms with Crippen molar-refractivity contribution >= 4 is 41.7 Å². The first-order chi connectivity index (χ1) is 10.7. The lowest BCUT2D eigenvalue weighted by Crippen LogP contribution is -2.37. The standard InChI is InChI=1S/C17H27N3OS.HI/c1-13(10-19-17(18)20-11-14-6-5-7-14)12-22-16-9-4-3-8-15(16)21-2;/h3-4,8-9,13-14H,5-7,10-12H2,1-2H3,(H3,18,19,20);1H. The van der Waals surface area contributed by atoms with Gasteiger partial charge in [-0.1, -0.05) is 25.5 Å². The Bertz CT molecular complexity index is 494. The molecule has 0 heterocycles.